The molecule has 2 amide bonds. The number of fused-ring (bicyclic) bond motifs is 1. The topological polar surface area (TPSA) is 58.2 Å². The molecule has 1 aliphatic heterocycles. The number of hydrogen-bond acceptors (Lipinski definition) is 2. The average molecular weight is 319 g/mol. The predicted molar refractivity (Wildman–Crippen MR) is 82.5 cm³/mol. The zero-order valence-corrected chi connectivity index (χ0v) is 12.2. The third-order valence-electron chi connectivity index (χ3n) is 3.51. The van der Waals surface area contributed by atoms with Gasteiger partial charge in [-0.1, -0.05) is 29.8 Å². The summed E-state index contributed by atoms with van der Waals surface area (Å²) >= 11 is 5.68. The zero-order valence-electron chi connectivity index (χ0n) is 11.4. The van der Waals surface area contributed by atoms with Crippen LogP contribution in [-0.2, 0) is 9.59 Å². The van der Waals surface area contributed by atoms with Crippen LogP contribution in [0.4, 0.5) is 15.8 Å². The minimum absolute atomic E-state index is 0.0258. The van der Waals surface area contributed by atoms with Crippen molar-refractivity contribution in [2.75, 3.05) is 10.6 Å². The van der Waals surface area contributed by atoms with Crippen LogP contribution in [0.1, 0.15) is 17.9 Å². The molecule has 0 aromatic heterocycles. The standard InChI is InChI=1S/C16H12ClFN2O2/c17-9-5-6-14(12(18)7-9)20-16(22)11-8-15(21)19-13-4-2-1-3-10(11)13/h1-7,11H,8H2,(H,19,21)(H,20,22). The van der Waals surface area contributed by atoms with E-state index in [4.69, 9.17) is 11.6 Å². The monoisotopic (exact) mass is 318 g/mol. The third kappa shape index (κ3) is 2.80. The Morgan fingerprint density at radius 1 is 1.27 bits per heavy atom. The van der Waals surface area contributed by atoms with Gasteiger partial charge in [0, 0.05) is 17.1 Å². The van der Waals surface area contributed by atoms with E-state index in [-0.39, 0.29) is 23.0 Å². The SMILES string of the molecule is O=C1CC(C(=O)Nc2ccc(Cl)cc2F)c2ccccc2N1. The highest BCUT2D eigenvalue weighted by molar-refractivity contribution is 6.30. The molecule has 1 heterocycles. The molecule has 0 saturated heterocycles. The molecule has 1 atom stereocenters. The summed E-state index contributed by atoms with van der Waals surface area (Å²) in [6.45, 7) is 0. The first-order valence-electron chi connectivity index (χ1n) is 6.69. The smallest absolute Gasteiger partial charge is 0.232 e. The van der Waals surface area contributed by atoms with Crippen molar-refractivity contribution in [2.45, 2.75) is 12.3 Å². The Morgan fingerprint density at radius 2 is 2.05 bits per heavy atom. The van der Waals surface area contributed by atoms with Crippen LogP contribution >= 0.6 is 11.6 Å². The van der Waals surface area contributed by atoms with Gasteiger partial charge in [-0.2, -0.15) is 0 Å². The van der Waals surface area contributed by atoms with Gasteiger partial charge in [0.05, 0.1) is 11.6 Å². The van der Waals surface area contributed by atoms with Gasteiger partial charge in [-0.3, -0.25) is 9.59 Å². The lowest BCUT2D eigenvalue weighted by molar-refractivity contribution is -0.123. The number of rotatable bonds is 2. The highest BCUT2D eigenvalue weighted by Gasteiger charge is 2.30. The molecule has 0 saturated carbocycles. The molecule has 0 aliphatic carbocycles. The molecule has 0 bridgehead atoms. The molecular formula is C16H12ClFN2O2. The Kier molecular flexibility index (Phi) is 3.81. The fourth-order valence-corrected chi connectivity index (χ4v) is 2.61. The van der Waals surface area contributed by atoms with Gasteiger partial charge in [0.15, 0.2) is 0 Å². The van der Waals surface area contributed by atoms with Crippen LogP contribution < -0.4 is 10.6 Å². The molecule has 0 spiro atoms. The van der Waals surface area contributed by atoms with E-state index in [1.807, 2.05) is 0 Å². The third-order valence-corrected chi connectivity index (χ3v) is 3.74. The van der Waals surface area contributed by atoms with Crippen molar-refractivity contribution < 1.29 is 14.0 Å². The Hall–Kier alpha value is -2.40. The molecule has 0 fully saturated rings. The summed E-state index contributed by atoms with van der Waals surface area (Å²) in [5.41, 5.74) is 1.36. The Labute approximate surface area is 131 Å². The zero-order chi connectivity index (χ0) is 15.7. The Bertz CT molecular complexity index is 764. The van der Waals surface area contributed by atoms with Crippen molar-refractivity contribution in [2.24, 2.45) is 0 Å². The van der Waals surface area contributed by atoms with Crippen molar-refractivity contribution in [3.05, 3.63) is 58.9 Å². The number of para-hydroxylation sites is 1. The van der Waals surface area contributed by atoms with Gasteiger partial charge in [0.2, 0.25) is 11.8 Å². The summed E-state index contributed by atoms with van der Waals surface area (Å²) in [7, 11) is 0. The van der Waals surface area contributed by atoms with E-state index in [2.05, 4.69) is 10.6 Å². The number of hydrogen-bond donors (Lipinski definition) is 2. The number of benzene rings is 2. The second kappa shape index (κ2) is 5.77. The predicted octanol–water partition coefficient (Wildman–Crippen LogP) is 3.54. The van der Waals surface area contributed by atoms with Crippen molar-refractivity contribution in [1.82, 2.24) is 0 Å². The molecular weight excluding hydrogens is 307 g/mol. The summed E-state index contributed by atoms with van der Waals surface area (Å²) in [5, 5.41) is 5.48. The number of nitrogens with one attached hydrogen (secondary N) is 2. The molecule has 4 nitrogen and oxygen atoms in total. The molecule has 6 heteroatoms. The van der Waals surface area contributed by atoms with Gasteiger partial charge in [-0.15, -0.1) is 0 Å². The van der Waals surface area contributed by atoms with E-state index in [1.165, 1.54) is 12.1 Å². The maximum atomic E-state index is 13.8. The highest BCUT2D eigenvalue weighted by Crippen LogP contribution is 2.33. The van der Waals surface area contributed by atoms with Crippen molar-refractivity contribution in [3.8, 4) is 0 Å². The minimum atomic E-state index is -0.653. The lowest BCUT2D eigenvalue weighted by atomic mass is 9.90. The van der Waals surface area contributed by atoms with Gasteiger partial charge in [-0.05, 0) is 29.8 Å². The molecule has 1 aliphatic rings. The average Bonchev–Trinajstić information content (AvgIpc) is 2.49. The maximum Gasteiger partial charge on any atom is 0.232 e. The first-order chi connectivity index (χ1) is 10.5. The lowest BCUT2D eigenvalue weighted by Crippen LogP contribution is -2.30. The van der Waals surface area contributed by atoms with E-state index in [1.54, 1.807) is 24.3 Å². The van der Waals surface area contributed by atoms with Gasteiger partial charge in [0.1, 0.15) is 5.82 Å². The summed E-state index contributed by atoms with van der Waals surface area (Å²) < 4.78 is 13.8. The maximum absolute atomic E-state index is 13.8. The van der Waals surface area contributed by atoms with Crippen LogP contribution in [0.3, 0.4) is 0 Å². The van der Waals surface area contributed by atoms with Crippen LogP contribution in [0.2, 0.25) is 5.02 Å². The van der Waals surface area contributed by atoms with E-state index in [0.29, 0.717) is 11.3 Å². The largest absolute Gasteiger partial charge is 0.326 e. The van der Waals surface area contributed by atoms with Crippen LogP contribution in [0.15, 0.2) is 42.5 Å². The summed E-state index contributed by atoms with van der Waals surface area (Å²) in [4.78, 5) is 24.1. The van der Waals surface area contributed by atoms with E-state index in [9.17, 15) is 14.0 Å². The van der Waals surface area contributed by atoms with Gasteiger partial charge >= 0.3 is 0 Å². The van der Waals surface area contributed by atoms with Crippen molar-refractivity contribution in [1.29, 1.82) is 0 Å². The summed E-state index contributed by atoms with van der Waals surface area (Å²) in [5.74, 6) is -1.94. The molecule has 1 unspecified atom stereocenters. The van der Waals surface area contributed by atoms with E-state index >= 15 is 0 Å². The quantitative estimate of drug-likeness (QED) is 0.889. The fraction of sp³-hybridized carbons (Fsp3) is 0.125. The first kappa shape index (κ1) is 14.5. The molecule has 22 heavy (non-hydrogen) atoms. The minimum Gasteiger partial charge on any atom is -0.326 e. The number of carbonyl (C=O) groups excluding carboxylic acids is 2. The van der Waals surface area contributed by atoms with Crippen LogP contribution in [-0.4, -0.2) is 11.8 Å². The number of carbonyl (C=O) groups is 2. The normalized spacial score (nSPS) is 16.6. The van der Waals surface area contributed by atoms with E-state index < -0.39 is 17.6 Å². The van der Waals surface area contributed by atoms with Gasteiger partial charge in [0.25, 0.3) is 0 Å². The van der Waals surface area contributed by atoms with Crippen LogP contribution in [0.5, 0.6) is 0 Å². The number of amides is 2. The second-order valence-electron chi connectivity index (χ2n) is 5.01. The molecule has 3 rings (SSSR count). The molecule has 0 radical (unpaired) electrons. The fourth-order valence-electron chi connectivity index (χ4n) is 2.46. The Balaban J connectivity index is 1.88. The van der Waals surface area contributed by atoms with Gasteiger partial charge < -0.3 is 10.6 Å². The lowest BCUT2D eigenvalue weighted by Gasteiger charge is -2.24. The molecule has 2 N–H and O–H groups in total. The van der Waals surface area contributed by atoms with Crippen molar-refractivity contribution in [3.63, 3.8) is 0 Å². The van der Waals surface area contributed by atoms with Crippen molar-refractivity contribution >= 4 is 34.8 Å². The van der Waals surface area contributed by atoms with E-state index in [0.717, 1.165) is 6.07 Å². The van der Waals surface area contributed by atoms with Crippen LogP contribution in [0.25, 0.3) is 0 Å². The van der Waals surface area contributed by atoms with Crippen LogP contribution in [0, 0.1) is 5.82 Å². The van der Waals surface area contributed by atoms with Gasteiger partial charge in [-0.25, -0.2) is 4.39 Å². The molecule has 2 aromatic rings. The molecule has 2 aromatic carbocycles. The molecule has 112 valence electrons. The second-order valence-corrected chi connectivity index (χ2v) is 5.44. The number of anilines is 2. The Morgan fingerprint density at radius 3 is 2.82 bits per heavy atom. The highest BCUT2D eigenvalue weighted by atomic mass is 35.5. The summed E-state index contributed by atoms with van der Waals surface area (Å²) in [6.07, 6.45) is 0.0258. The first-order valence-corrected chi connectivity index (χ1v) is 7.07. The summed E-state index contributed by atoms with van der Waals surface area (Å²) in [6, 6.07) is 11.1. The number of halogens is 2.